The maximum Gasteiger partial charge on any atom is 0.249 e. The number of rotatable bonds is 6. The Bertz CT molecular complexity index is 750. The highest BCUT2D eigenvalue weighted by molar-refractivity contribution is 5.49. The van der Waals surface area contributed by atoms with E-state index in [-0.39, 0.29) is 0 Å². The van der Waals surface area contributed by atoms with Crippen molar-refractivity contribution in [3.63, 3.8) is 0 Å². The van der Waals surface area contributed by atoms with Crippen molar-refractivity contribution in [2.45, 2.75) is 33.0 Å². The molecular weight excluding hydrogens is 294 g/mol. The predicted molar refractivity (Wildman–Crippen MR) is 83.1 cm³/mol. The van der Waals surface area contributed by atoms with Gasteiger partial charge in [0, 0.05) is 18.4 Å². The third-order valence-corrected chi connectivity index (χ3v) is 3.40. The summed E-state index contributed by atoms with van der Waals surface area (Å²) < 4.78 is 7.74. The van der Waals surface area contributed by atoms with Crippen LogP contribution in [0.4, 0.5) is 0 Å². The summed E-state index contributed by atoms with van der Waals surface area (Å²) >= 11 is 0. The summed E-state index contributed by atoms with van der Waals surface area (Å²) in [6.07, 6.45) is 5.16. The number of aromatic nitrogens is 6. The van der Waals surface area contributed by atoms with E-state index in [1.165, 1.54) is 0 Å². The Kier molecular flexibility index (Phi) is 4.42. The molecule has 0 aliphatic heterocycles. The van der Waals surface area contributed by atoms with Crippen LogP contribution in [0.2, 0.25) is 0 Å². The summed E-state index contributed by atoms with van der Waals surface area (Å²) in [4.78, 5) is 6.11. The highest BCUT2D eigenvalue weighted by Gasteiger charge is 2.14. The minimum Gasteiger partial charge on any atom is -0.419 e. The lowest BCUT2D eigenvalue weighted by molar-refractivity contribution is 0.270. The van der Waals surface area contributed by atoms with Crippen LogP contribution in [0.1, 0.15) is 31.6 Å². The van der Waals surface area contributed by atoms with Crippen molar-refractivity contribution in [3.8, 4) is 11.5 Å². The summed E-state index contributed by atoms with van der Waals surface area (Å²) in [7, 11) is 1.98. The van der Waals surface area contributed by atoms with E-state index < -0.39 is 0 Å². The number of nitrogens with zero attached hydrogens (tertiary/aromatic N) is 7. The van der Waals surface area contributed by atoms with Crippen LogP contribution in [0.15, 0.2) is 35.3 Å². The van der Waals surface area contributed by atoms with Crippen molar-refractivity contribution >= 4 is 0 Å². The molecule has 0 saturated carbocycles. The van der Waals surface area contributed by atoms with Gasteiger partial charge in [0.2, 0.25) is 11.8 Å². The van der Waals surface area contributed by atoms with Crippen molar-refractivity contribution in [2.24, 2.45) is 0 Å². The zero-order chi connectivity index (χ0) is 16.2. The van der Waals surface area contributed by atoms with Gasteiger partial charge in [-0.2, -0.15) is 0 Å². The predicted octanol–water partition coefficient (Wildman–Crippen LogP) is 1.94. The van der Waals surface area contributed by atoms with E-state index in [1.807, 2.05) is 23.7 Å². The smallest absolute Gasteiger partial charge is 0.249 e. The van der Waals surface area contributed by atoms with Crippen LogP contribution in [0.5, 0.6) is 0 Å². The molecule has 0 atom stereocenters. The average Bonchev–Trinajstić information content (AvgIpc) is 3.17. The molecule has 0 aliphatic carbocycles. The summed E-state index contributed by atoms with van der Waals surface area (Å²) in [6, 6.07) is 4.05. The molecule has 0 N–H and O–H groups in total. The monoisotopic (exact) mass is 313 g/mol. The second-order valence-electron chi connectivity index (χ2n) is 5.66. The zero-order valence-electron chi connectivity index (χ0n) is 13.4. The molecule has 3 heterocycles. The average molecular weight is 313 g/mol. The molecule has 23 heavy (non-hydrogen) atoms. The quantitative estimate of drug-likeness (QED) is 0.687. The SMILES string of the molecule is CC(C)n1cnnc1CN(C)Cc1nnc(-c2cccnc2)o1. The van der Waals surface area contributed by atoms with Gasteiger partial charge < -0.3 is 8.98 Å². The molecule has 8 nitrogen and oxygen atoms in total. The summed E-state index contributed by atoms with van der Waals surface area (Å²) in [6.45, 7) is 5.40. The van der Waals surface area contributed by atoms with Gasteiger partial charge in [-0.3, -0.25) is 9.88 Å². The van der Waals surface area contributed by atoms with Crippen LogP contribution in [0, 0.1) is 0 Å². The number of hydrogen-bond donors (Lipinski definition) is 0. The van der Waals surface area contributed by atoms with E-state index in [4.69, 9.17) is 4.42 Å². The first kappa shape index (κ1) is 15.3. The fraction of sp³-hybridized carbons (Fsp3) is 0.400. The van der Waals surface area contributed by atoms with Crippen molar-refractivity contribution in [1.82, 2.24) is 34.8 Å². The van der Waals surface area contributed by atoms with E-state index >= 15 is 0 Å². The first-order chi connectivity index (χ1) is 11.1. The first-order valence-corrected chi connectivity index (χ1v) is 7.43. The minimum atomic E-state index is 0.328. The topological polar surface area (TPSA) is 85.8 Å². The Hall–Kier alpha value is -2.61. The van der Waals surface area contributed by atoms with Crippen molar-refractivity contribution < 1.29 is 4.42 Å². The third kappa shape index (κ3) is 3.59. The van der Waals surface area contributed by atoms with Crippen LogP contribution in [-0.4, -0.2) is 41.9 Å². The largest absolute Gasteiger partial charge is 0.419 e. The maximum atomic E-state index is 5.69. The molecule has 0 radical (unpaired) electrons. The lowest BCUT2D eigenvalue weighted by Gasteiger charge is -2.16. The van der Waals surface area contributed by atoms with Gasteiger partial charge in [0.15, 0.2) is 0 Å². The second-order valence-corrected chi connectivity index (χ2v) is 5.66. The van der Waals surface area contributed by atoms with E-state index in [9.17, 15) is 0 Å². The van der Waals surface area contributed by atoms with Gasteiger partial charge in [-0.25, -0.2) is 0 Å². The molecule has 0 unspecified atom stereocenters. The van der Waals surface area contributed by atoms with E-state index in [0.29, 0.717) is 30.9 Å². The molecule has 0 aromatic carbocycles. The van der Waals surface area contributed by atoms with Gasteiger partial charge in [-0.05, 0) is 33.0 Å². The first-order valence-electron chi connectivity index (χ1n) is 7.43. The molecule has 0 saturated heterocycles. The van der Waals surface area contributed by atoms with Crippen LogP contribution >= 0.6 is 0 Å². The highest BCUT2D eigenvalue weighted by Crippen LogP contribution is 2.17. The van der Waals surface area contributed by atoms with E-state index in [2.05, 4.69) is 44.1 Å². The molecule has 0 aliphatic rings. The summed E-state index contributed by atoms with van der Waals surface area (Å²) in [5.41, 5.74) is 0.813. The van der Waals surface area contributed by atoms with Crippen molar-refractivity contribution in [3.05, 3.63) is 42.6 Å². The van der Waals surface area contributed by atoms with Crippen LogP contribution in [-0.2, 0) is 13.1 Å². The van der Waals surface area contributed by atoms with Crippen LogP contribution in [0.3, 0.4) is 0 Å². The van der Waals surface area contributed by atoms with Crippen LogP contribution in [0.25, 0.3) is 11.5 Å². The Balaban J connectivity index is 1.65. The van der Waals surface area contributed by atoms with Crippen molar-refractivity contribution in [1.29, 1.82) is 0 Å². The number of pyridine rings is 1. The fourth-order valence-electron chi connectivity index (χ4n) is 2.26. The van der Waals surface area contributed by atoms with Gasteiger partial charge in [-0.15, -0.1) is 20.4 Å². The van der Waals surface area contributed by atoms with Crippen LogP contribution < -0.4 is 0 Å². The van der Waals surface area contributed by atoms with Gasteiger partial charge >= 0.3 is 0 Å². The molecule has 120 valence electrons. The van der Waals surface area contributed by atoms with Gasteiger partial charge in [0.05, 0.1) is 18.7 Å². The van der Waals surface area contributed by atoms with E-state index in [1.54, 1.807) is 18.7 Å². The molecule has 3 aromatic heterocycles. The maximum absolute atomic E-state index is 5.69. The molecule has 0 bridgehead atoms. The fourth-order valence-corrected chi connectivity index (χ4v) is 2.26. The molecule has 0 amide bonds. The molecule has 8 heteroatoms. The molecule has 0 spiro atoms. The Morgan fingerprint density at radius 2 is 2.09 bits per heavy atom. The number of hydrogen-bond acceptors (Lipinski definition) is 7. The Morgan fingerprint density at radius 1 is 1.22 bits per heavy atom. The molecule has 3 rings (SSSR count). The normalized spacial score (nSPS) is 11.5. The molecule has 0 fully saturated rings. The van der Waals surface area contributed by atoms with Gasteiger partial charge in [-0.1, -0.05) is 0 Å². The Morgan fingerprint density at radius 3 is 2.83 bits per heavy atom. The summed E-state index contributed by atoms with van der Waals surface area (Å²) in [5.74, 6) is 1.95. The highest BCUT2D eigenvalue weighted by atomic mass is 16.4. The molecule has 3 aromatic rings. The standard InChI is InChI=1S/C15H19N7O/c1-11(2)22-10-17-18-13(22)8-21(3)9-14-19-20-15(23-14)12-5-4-6-16-7-12/h4-7,10-11H,8-9H2,1-3H3. The van der Waals surface area contributed by atoms with Gasteiger partial charge in [0.1, 0.15) is 12.2 Å². The van der Waals surface area contributed by atoms with Gasteiger partial charge in [0.25, 0.3) is 0 Å². The van der Waals surface area contributed by atoms with E-state index in [0.717, 1.165) is 11.4 Å². The Labute approximate surface area is 134 Å². The third-order valence-electron chi connectivity index (χ3n) is 3.40. The lowest BCUT2D eigenvalue weighted by atomic mass is 10.3. The lowest BCUT2D eigenvalue weighted by Crippen LogP contribution is -2.20. The summed E-state index contributed by atoms with van der Waals surface area (Å²) in [5, 5.41) is 16.3. The second kappa shape index (κ2) is 6.66. The zero-order valence-corrected chi connectivity index (χ0v) is 13.4. The van der Waals surface area contributed by atoms with Crippen molar-refractivity contribution in [2.75, 3.05) is 7.05 Å². The minimum absolute atomic E-state index is 0.328. The molecular formula is C15H19N7O.